The van der Waals surface area contributed by atoms with E-state index in [4.69, 9.17) is 0 Å². The second-order valence-electron chi connectivity index (χ2n) is 6.86. The van der Waals surface area contributed by atoms with Gasteiger partial charge in [0.05, 0.1) is 6.07 Å². The van der Waals surface area contributed by atoms with Gasteiger partial charge in [0.1, 0.15) is 5.92 Å². The number of allylic oxidation sites excluding steroid dienone is 1. The Morgan fingerprint density at radius 2 is 2.05 bits per heavy atom. The van der Waals surface area contributed by atoms with Gasteiger partial charge in [-0.1, -0.05) is 26.0 Å². The number of hydrogen-bond acceptors (Lipinski definition) is 2. The number of carbonyl (C=O) groups excluding carboxylic acids is 1. The highest BCUT2D eigenvalue weighted by molar-refractivity contribution is 5.81. The lowest BCUT2D eigenvalue weighted by atomic mass is 9.62. The van der Waals surface area contributed by atoms with Gasteiger partial charge in [-0.15, -0.1) is 0 Å². The van der Waals surface area contributed by atoms with E-state index in [0.29, 0.717) is 5.92 Å². The molecule has 1 fully saturated rings. The SMILES string of the molecule is C=C(C)[C@H]1CCC(C)(C)C[C@@H]1C(C#N)C(=O)N(C)C. The molecule has 1 amide bonds. The first kappa shape index (κ1) is 15.8. The first-order valence-electron chi connectivity index (χ1n) is 6.96. The highest BCUT2D eigenvalue weighted by Gasteiger charge is 2.42. The smallest absolute Gasteiger partial charge is 0.239 e. The van der Waals surface area contributed by atoms with E-state index in [1.165, 1.54) is 4.90 Å². The Hall–Kier alpha value is -1.30. The van der Waals surface area contributed by atoms with Crippen LogP contribution in [0.2, 0.25) is 0 Å². The van der Waals surface area contributed by atoms with E-state index < -0.39 is 5.92 Å². The molecule has 0 bridgehead atoms. The van der Waals surface area contributed by atoms with E-state index in [1.807, 2.05) is 6.92 Å². The minimum atomic E-state index is -0.545. The van der Waals surface area contributed by atoms with Crippen LogP contribution in [0.4, 0.5) is 0 Å². The summed E-state index contributed by atoms with van der Waals surface area (Å²) in [4.78, 5) is 13.8. The van der Waals surface area contributed by atoms with Crippen LogP contribution in [-0.4, -0.2) is 24.9 Å². The molecule has 106 valence electrons. The molecule has 1 unspecified atom stereocenters. The number of hydrogen-bond donors (Lipinski definition) is 0. The molecule has 1 saturated carbocycles. The standard InChI is InChI=1S/C16H26N2O/c1-11(2)12-7-8-16(3,4)9-13(12)14(10-17)15(19)18(5)6/h12-14H,1,7-9H2,2-6H3/t12-,13+,14?/m1/s1. The summed E-state index contributed by atoms with van der Waals surface area (Å²) in [6.07, 6.45) is 3.09. The predicted octanol–water partition coefficient (Wildman–Crippen LogP) is 3.23. The van der Waals surface area contributed by atoms with Crippen LogP contribution in [0.25, 0.3) is 0 Å². The molecule has 3 atom stereocenters. The Kier molecular flexibility index (Phi) is 4.79. The molecule has 0 spiro atoms. The third kappa shape index (κ3) is 3.59. The van der Waals surface area contributed by atoms with E-state index in [0.717, 1.165) is 24.8 Å². The lowest BCUT2D eigenvalue weighted by Gasteiger charge is -2.43. The summed E-state index contributed by atoms with van der Waals surface area (Å²) in [6, 6.07) is 2.24. The van der Waals surface area contributed by atoms with Crippen LogP contribution in [0.1, 0.15) is 40.0 Å². The molecule has 0 radical (unpaired) electrons. The van der Waals surface area contributed by atoms with Crippen LogP contribution >= 0.6 is 0 Å². The topological polar surface area (TPSA) is 44.1 Å². The van der Waals surface area contributed by atoms with Gasteiger partial charge in [-0.2, -0.15) is 5.26 Å². The first-order valence-corrected chi connectivity index (χ1v) is 6.96. The van der Waals surface area contributed by atoms with Crippen molar-refractivity contribution in [3.05, 3.63) is 12.2 Å². The van der Waals surface area contributed by atoms with Crippen LogP contribution in [-0.2, 0) is 4.79 Å². The maximum Gasteiger partial charge on any atom is 0.239 e. The summed E-state index contributed by atoms with van der Waals surface area (Å²) in [5.74, 6) is -0.226. The summed E-state index contributed by atoms with van der Waals surface area (Å²) in [6.45, 7) is 10.5. The third-order valence-electron chi connectivity index (χ3n) is 4.34. The molecule has 0 aromatic heterocycles. The third-order valence-corrected chi connectivity index (χ3v) is 4.34. The molecule has 1 aliphatic carbocycles. The molecule has 0 aromatic rings. The molecule has 3 heteroatoms. The summed E-state index contributed by atoms with van der Waals surface area (Å²) in [5, 5.41) is 9.44. The number of nitrogens with zero attached hydrogens (tertiary/aromatic N) is 2. The van der Waals surface area contributed by atoms with Gasteiger partial charge >= 0.3 is 0 Å². The molecule has 0 N–H and O–H groups in total. The van der Waals surface area contributed by atoms with Crippen LogP contribution in [0.15, 0.2) is 12.2 Å². The molecular weight excluding hydrogens is 236 g/mol. The Labute approximate surface area is 117 Å². The minimum absolute atomic E-state index is 0.0727. The van der Waals surface area contributed by atoms with Crippen molar-refractivity contribution < 1.29 is 4.79 Å². The van der Waals surface area contributed by atoms with Crippen LogP contribution in [0.5, 0.6) is 0 Å². The molecule has 1 aliphatic rings. The second kappa shape index (κ2) is 5.77. The quantitative estimate of drug-likeness (QED) is 0.733. The number of amides is 1. The van der Waals surface area contributed by atoms with Gasteiger partial charge in [-0.05, 0) is 43.4 Å². The van der Waals surface area contributed by atoms with Gasteiger partial charge in [0.25, 0.3) is 0 Å². The van der Waals surface area contributed by atoms with E-state index in [9.17, 15) is 10.1 Å². The van der Waals surface area contributed by atoms with Gasteiger partial charge in [-0.25, -0.2) is 0 Å². The van der Waals surface area contributed by atoms with Gasteiger partial charge in [0.15, 0.2) is 0 Å². The molecule has 19 heavy (non-hydrogen) atoms. The van der Waals surface area contributed by atoms with Crippen molar-refractivity contribution >= 4 is 5.91 Å². The maximum absolute atomic E-state index is 12.2. The van der Waals surface area contributed by atoms with Gasteiger partial charge in [0.2, 0.25) is 5.91 Å². The zero-order valence-corrected chi connectivity index (χ0v) is 12.9. The average Bonchev–Trinajstić information content (AvgIpc) is 2.28. The van der Waals surface area contributed by atoms with Crippen LogP contribution < -0.4 is 0 Å². The number of carbonyl (C=O) groups is 1. The number of rotatable bonds is 3. The fourth-order valence-corrected chi connectivity index (χ4v) is 3.22. The lowest BCUT2D eigenvalue weighted by Crippen LogP contribution is -2.41. The lowest BCUT2D eigenvalue weighted by molar-refractivity contribution is -0.134. The Morgan fingerprint density at radius 1 is 1.47 bits per heavy atom. The van der Waals surface area contributed by atoms with E-state index in [2.05, 4.69) is 26.5 Å². The molecule has 0 heterocycles. The molecule has 0 saturated heterocycles. The zero-order valence-electron chi connectivity index (χ0n) is 12.9. The monoisotopic (exact) mass is 262 g/mol. The van der Waals surface area contributed by atoms with Crippen molar-refractivity contribution in [2.45, 2.75) is 40.0 Å². The first-order chi connectivity index (χ1) is 8.69. The largest absolute Gasteiger partial charge is 0.348 e. The molecule has 3 nitrogen and oxygen atoms in total. The summed E-state index contributed by atoms with van der Waals surface area (Å²) in [7, 11) is 3.44. The van der Waals surface area contributed by atoms with Crippen LogP contribution in [0, 0.1) is 34.5 Å². The van der Waals surface area contributed by atoms with E-state index in [1.54, 1.807) is 14.1 Å². The van der Waals surface area contributed by atoms with Gasteiger partial charge < -0.3 is 4.90 Å². The number of nitriles is 1. The highest BCUT2D eigenvalue weighted by Crippen LogP contribution is 2.47. The Bertz CT molecular complexity index is 403. The van der Waals surface area contributed by atoms with Crippen molar-refractivity contribution in [3.63, 3.8) is 0 Å². The fourth-order valence-electron chi connectivity index (χ4n) is 3.22. The van der Waals surface area contributed by atoms with E-state index >= 15 is 0 Å². The summed E-state index contributed by atoms with van der Waals surface area (Å²) < 4.78 is 0. The molecule has 0 aromatic carbocycles. The molecule has 1 rings (SSSR count). The van der Waals surface area contributed by atoms with Crippen molar-refractivity contribution in [1.29, 1.82) is 5.26 Å². The van der Waals surface area contributed by atoms with E-state index in [-0.39, 0.29) is 17.2 Å². The zero-order chi connectivity index (χ0) is 14.8. The molecular formula is C16H26N2O. The van der Waals surface area contributed by atoms with Crippen LogP contribution in [0.3, 0.4) is 0 Å². The van der Waals surface area contributed by atoms with Gasteiger partial charge in [0, 0.05) is 14.1 Å². The summed E-state index contributed by atoms with van der Waals surface area (Å²) >= 11 is 0. The van der Waals surface area contributed by atoms with Crippen molar-refractivity contribution in [3.8, 4) is 6.07 Å². The van der Waals surface area contributed by atoms with Crippen molar-refractivity contribution in [2.24, 2.45) is 23.2 Å². The minimum Gasteiger partial charge on any atom is -0.348 e. The molecule has 0 aliphatic heterocycles. The fraction of sp³-hybridized carbons (Fsp3) is 0.750. The summed E-state index contributed by atoms with van der Waals surface area (Å²) in [5.41, 5.74) is 1.31. The van der Waals surface area contributed by atoms with Crippen molar-refractivity contribution in [1.82, 2.24) is 4.90 Å². The van der Waals surface area contributed by atoms with Gasteiger partial charge in [-0.3, -0.25) is 4.79 Å². The second-order valence-corrected chi connectivity index (χ2v) is 6.86. The Balaban J connectivity index is 3.05. The predicted molar refractivity (Wildman–Crippen MR) is 77.2 cm³/mol. The Morgan fingerprint density at radius 3 is 2.47 bits per heavy atom. The maximum atomic E-state index is 12.2. The van der Waals surface area contributed by atoms with Crippen molar-refractivity contribution in [2.75, 3.05) is 14.1 Å². The highest BCUT2D eigenvalue weighted by atomic mass is 16.2. The normalized spacial score (nSPS) is 27.2. The average molecular weight is 262 g/mol.